The van der Waals surface area contributed by atoms with Crippen LogP contribution in [-0.2, 0) is 14.8 Å². The highest BCUT2D eigenvalue weighted by molar-refractivity contribution is 7.89. The highest BCUT2D eigenvalue weighted by atomic mass is 35.5. The average Bonchev–Trinajstić information content (AvgIpc) is 2.38. The van der Waals surface area contributed by atoms with Gasteiger partial charge in [0.25, 0.3) is 0 Å². The summed E-state index contributed by atoms with van der Waals surface area (Å²) >= 11 is 6.01. The lowest BCUT2D eigenvalue weighted by Gasteiger charge is -2.44. The molecule has 2 rings (SSSR count). The summed E-state index contributed by atoms with van der Waals surface area (Å²) in [5, 5.41) is 0.629. The quantitative estimate of drug-likeness (QED) is 0.851. The van der Waals surface area contributed by atoms with Crippen molar-refractivity contribution in [2.75, 3.05) is 18.9 Å². The molecule has 0 amide bonds. The Balaban J connectivity index is 2.28. The average molecular weight is 332 g/mol. The van der Waals surface area contributed by atoms with Crippen molar-refractivity contribution < 1.29 is 13.2 Å². The number of rotatable bonds is 4. The Hall–Kier alpha value is -0.620. The zero-order chi connectivity index (χ0) is 15.7. The van der Waals surface area contributed by atoms with Crippen LogP contribution < -0.4 is 0 Å². The second-order valence-electron chi connectivity index (χ2n) is 6.01. The first-order valence-corrected chi connectivity index (χ1v) is 9.12. The largest absolute Gasteiger partial charge is 0.370 e. The molecule has 1 aliphatic heterocycles. The first-order valence-electron chi connectivity index (χ1n) is 7.14. The van der Waals surface area contributed by atoms with Crippen LogP contribution in [0.4, 0.5) is 0 Å². The van der Waals surface area contributed by atoms with E-state index in [1.165, 1.54) is 0 Å². The van der Waals surface area contributed by atoms with Gasteiger partial charge in [-0.05, 0) is 38.0 Å². The van der Waals surface area contributed by atoms with E-state index in [1.54, 1.807) is 10.4 Å². The van der Waals surface area contributed by atoms with E-state index in [2.05, 4.69) is 0 Å². The van der Waals surface area contributed by atoms with Crippen molar-refractivity contribution in [3.05, 3.63) is 34.9 Å². The van der Waals surface area contributed by atoms with E-state index in [9.17, 15) is 8.42 Å². The number of sulfonamides is 1. The molecule has 0 aliphatic carbocycles. The Morgan fingerprint density at radius 3 is 2.76 bits per heavy atom. The summed E-state index contributed by atoms with van der Waals surface area (Å²) in [6.07, 6.45) is 0.334. The molecule has 1 aromatic carbocycles. The fraction of sp³-hybridized carbons (Fsp3) is 0.600. The van der Waals surface area contributed by atoms with E-state index in [4.69, 9.17) is 16.3 Å². The van der Waals surface area contributed by atoms with Crippen LogP contribution in [0.3, 0.4) is 0 Å². The van der Waals surface area contributed by atoms with Gasteiger partial charge in [0.15, 0.2) is 0 Å². The molecule has 0 aromatic heterocycles. The molecule has 0 N–H and O–H groups in total. The van der Waals surface area contributed by atoms with Crippen LogP contribution in [0.15, 0.2) is 24.3 Å². The lowest BCUT2D eigenvalue weighted by molar-refractivity contribution is -0.0654. The first kappa shape index (κ1) is 16.7. The molecule has 1 saturated heterocycles. The molecule has 0 saturated carbocycles. The second kappa shape index (κ2) is 6.24. The molecule has 118 valence electrons. The van der Waals surface area contributed by atoms with E-state index in [1.807, 2.05) is 39.0 Å². The summed E-state index contributed by atoms with van der Waals surface area (Å²) < 4.78 is 32.4. The SMILES string of the molecule is CCCS(=O)(=O)N1CC(c2cccc(Cl)c2)OCC1(C)C. The van der Waals surface area contributed by atoms with Crippen molar-refractivity contribution in [3.8, 4) is 0 Å². The molecular weight excluding hydrogens is 310 g/mol. The molecular formula is C15H22ClNO3S. The molecule has 0 bridgehead atoms. The zero-order valence-electron chi connectivity index (χ0n) is 12.7. The van der Waals surface area contributed by atoms with Gasteiger partial charge in [-0.3, -0.25) is 0 Å². The van der Waals surface area contributed by atoms with Crippen molar-refractivity contribution in [3.63, 3.8) is 0 Å². The number of morpholine rings is 1. The molecule has 0 spiro atoms. The topological polar surface area (TPSA) is 46.6 Å². The molecule has 0 radical (unpaired) electrons. The van der Waals surface area contributed by atoms with Crippen molar-refractivity contribution in [1.82, 2.24) is 4.31 Å². The minimum atomic E-state index is -3.27. The maximum atomic E-state index is 12.5. The lowest BCUT2D eigenvalue weighted by Crippen LogP contribution is -2.56. The fourth-order valence-corrected chi connectivity index (χ4v) is 4.70. The summed E-state index contributed by atoms with van der Waals surface area (Å²) in [5.74, 6) is 0.165. The van der Waals surface area contributed by atoms with Crippen LogP contribution in [0.5, 0.6) is 0 Å². The third kappa shape index (κ3) is 3.77. The maximum absolute atomic E-state index is 12.5. The van der Waals surface area contributed by atoms with Gasteiger partial charge >= 0.3 is 0 Å². The van der Waals surface area contributed by atoms with Gasteiger partial charge in [-0.2, -0.15) is 4.31 Å². The summed E-state index contributed by atoms with van der Waals surface area (Å²) in [6.45, 7) is 6.37. The van der Waals surface area contributed by atoms with Gasteiger partial charge in [0.2, 0.25) is 10.0 Å². The van der Waals surface area contributed by atoms with Crippen LogP contribution in [-0.4, -0.2) is 37.2 Å². The van der Waals surface area contributed by atoms with Gasteiger partial charge in [-0.1, -0.05) is 30.7 Å². The molecule has 21 heavy (non-hydrogen) atoms. The Morgan fingerprint density at radius 1 is 1.43 bits per heavy atom. The normalized spacial score (nSPS) is 23.1. The highest BCUT2D eigenvalue weighted by Gasteiger charge is 2.42. The number of hydrogen-bond donors (Lipinski definition) is 0. The Kier molecular flexibility index (Phi) is 4.98. The third-order valence-corrected chi connectivity index (χ3v) is 6.14. The number of hydrogen-bond acceptors (Lipinski definition) is 3. The zero-order valence-corrected chi connectivity index (χ0v) is 14.2. The van der Waals surface area contributed by atoms with Gasteiger partial charge in [0.05, 0.1) is 24.0 Å². The predicted octanol–water partition coefficient (Wildman–Crippen LogP) is 3.23. The Morgan fingerprint density at radius 2 is 2.14 bits per heavy atom. The third-order valence-electron chi connectivity index (χ3n) is 3.66. The van der Waals surface area contributed by atoms with E-state index in [0.29, 0.717) is 24.6 Å². The molecule has 1 atom stereocenters. The molecule has 1 aliphatic rings. The molecule has 1 heterocycles. The monoisotopic (exact) mass is 331 g/mol. The fourth-order valence-electron chi connectivity index (χ4n) is 2.59. The molecule has 4 nitrogen and oxygen atoms in total. The second-order valence-corrected chi connectivity index (χ2v) is 8.46. The smallest absolute Gasteiger partial charge is 0.214 e. The van der Waals surface area contributed by atoms with Gasteiger partial charge in [-0.15, -0.1) is 0 Å². The Labute approximate surface area is 132 Å². The maximum Gasteiger partial charge on any atom is 0.214 e. The summed E-state index contributed by atoms with van der Waals surface area (Å²) in [6, 6.07) is 7.39. The van der Waals surface area contributed by atoms with Crippen molar-refractivity contribution in [2.45, 2.75) is 38.8 Å². The van der Waals surface area contributed by atoms with Gasteiger partial charge < -0.3 is 4.74 Å². The minimum absolute atomic E-state index is 0.165. The molecule has 1 aromatic rings. The van der Waals surface area contributed by atoms with Crippen LogP contribution in [0.25, 0.3) is 0 Å². The Bertz CT molecular complexity index is 601. The summed E-state index contributed by atoms with van der Waals surface area (Å²) in [4.78, 5) is 0. The van der Waals surface area contributed by atoms with E-state index in [-0.39, 0.29) is 11.9 Å². The van der Waals surface area contributed by atoms with E-state index < -0.39 is 15.6 Å². The van der Waals surface area contributed by atoms with Crippen LogP contribution >= 0.6 is 11.6 Å². The van der Waals surface area contributed by atoms with Crippen molar-refractivity contribution >= 4 is 21.6 Å². The molecule has 1 unspecified atom stereocenters. The van der Waals surface area contributed by atoms with E-state index >= 15 is 0 Å². The number of nitrogens with zero attached hydrogens (tertiary/aromatic N) is 1. The van der Waals surface area contributed by atoms with Crippen LogP contribution in [0.1, 0.15) is 38.9 Å². The van der Waals surface area contributed by atoms with Crippen LogP contribution in [0.2, 0.25) is 5.02 Å². The van der Waals surface area contributed by atoms with Crippen molar-refractivity contribution in [1.29, 1.82) is 0 Å². The van der Waals surface area contributed by atoms with Gasteiger partial charge in [-0.25, -0.2) is 8.42 Å². The van der Waals surface area contributed by atoms with Crippen molar-refractivity contribution in [2.24, 2.45) is 0 Å². The number of benzene rings is 1. The van der Waals surface area contributed by atoms with E-state index in [0.717, 1.165) is 5.56 Å². The van der Waals surface area contributed by atoms with Gasteiger partial charge in [0, 0.05) is 11.6 Å². The standard InChI is InChI=1S/C15H22ClNO3S/c1-4-8-21(18,19)17-10-14(20-11-15(17,2)3)12-6-5-7-13(16)9-12/h5-7,9,14H,4,8,10-11H2,1-3H3. The summed E-state index contributed by atoms with van der Waals surface area (Å²) in [7, 11) is -3.27. The highest BCUT2D eigenvalue weighted by Crippen LogP contribution is 2.33. The summed E-state index contributed by atoms with van der Waals surface area (Å²) in [5.41, 5.74) is 0.387. The van der Waals surface area contributed by atoms with Gasteiger partial charge in [0.1, 0.15) is 0 Å². The van der Waals surface area contributed by atoms with Crippen LogP contribution in [0, 0.1) is 0 Å². The first-order chi connectivity index (χ1) is 9.76. The number of ether oxygens (including phenoxy) is 1. The molecule has 1 fully saturated rings. The lowest BCUT2D eigenvalue weighted by atomic mass is 10.0. The number of halogens is 1. The molecule has 6 heteroatoms. The predicted molar refractivity (Wildman–Crippen MR) is 85.0 cm³/mol. The minimum Gasteiger partial charge on any atom is -0.370 e.